The van der Waals surface area contributed by atoms with Gasteiger partial charge in [-0.25, -0.2) is 9.37 Å². The topological polar surface area (TPSA) is 29.9 Å². The first-order chi connectivity index (χ1) is 8.66. The van der Waals surface area contributed by atoms with Crippen LogP contribution in [0.4, 0.5) is 4.39 Å². The molecule has 3 nitrogen and oxygen atoms in total. The highest BCUT2D eigenvalue weighted by Gasteiger charge is 2.07. The zero-order chi connectivity index (χ0) is 13.0. The predicted molar refractivity (Wildman–Crippen MR) is 70.1 cm³/mol. The molecular formula is C13H15ClFN3. The molecule has 0 bridgehead atoms. The second-order valence-electron chi connectivity index (χ2n) is 4.15. The third kappa shape index (κ3) is 3.31. The summed E-state index contributed by atoms with van der Waals surface area (Å²) in [5, 5.41) is 3.52. The van der Waals surface area contributed by atoms with Crippen molar-refractivity contribution in [3.05, 3.63) is 53.3 Å². The van der Waals surface area contributed by atoms with Crippen LogP contribution in [0.1, 0.15) is 18.5 Å². The quantitative estimate of drug-likeness (QED) is 0.902. The second-order valence-corrected chi connectivity index (χ2v) is 4.56. The van der Waals surface area contributed by atoms with E-state index >= 15 is 0 Å². The highest BCUT2D eigenvalue weighted by molar-refractivity contribution is 6.30. The summed E-state index contributed by atoms with van der Waals surface area (Å²) in [4.78, 5) is 3.98. The molecule has 96 valence electrons. The van der Waals surface area contributed by atoms with Crippen molar-refractivity contribution in [3.8, 4) is 0 Å². The molecule has 1 unspecified atom stereocenters. The van der Waals surface area contributed by atoms with Crippen molar-refractivity contribution in [1.82, 2.24) is 14.9 Å². The molecule has 5 heteroatoms. The Morgan fingerprint density at radius 1 is 1.50 bits per heavy atom. The van der Waals surface area contributed by atoms with Crippen LogP contribution in [-0.4, -0.2) is 16.1 Å². The molecular weight excluding hydrogens is 253 g/mol. The highest BCUT2D eigenvalue weighted by Crippen LogP contribution is 2.20. The molecule has 1 aromatic carbocycles. The summed E-state index contributed by atoms with van der Waals surface area (Å²) in [6, 6.07) is 4.93. The van der Waals surface area contributed by atoms with Crippen LogP contribution < -0.4 is 5.32 Å². The molecule has 0 fully saturated rings. The Kier molecular flexibility index (Phi) is 4.33. The van der Waals surface area contributed by atoms with Crippen LogP contribution in [0.25, 0.3) is 0 Å². The minimum absolute atomic E-state index is 0.131. The largest absolute Gasteiger partial charge is 0.336 e. The molecule has 0 aliphatic carbocycles. The molecule has 1 heterocycles. The second kappa shape index (κ2) is 5.98. The number of imidazole rings is 1. The fourth-order valence-corrected chi connectivity index (χ4v) is 1.92. The summed E-state index contributed by atoms with van der Waals surface area (Å²) in [7, 11) is 0. The molecule has 0 saturated carbocycles. The van der Waals surface area contributed by atoms with Gasteiger partial charge >= 0.3 is 0 Å². The van der Waals surface area contributed by atoms with Crippen LogP contribution in [-0.2, 0) is 6.54 Å². The standard InChI is InChI=1S/C13H15ClFN3/c1-10(11-2-3-13(15)12(14)8-11)17-5-7-18-6-4-16-9-18/h2-4,6,8-10,17H,5,7H2,1H3. The van der Waals surface area contributed by atoms with E-state index in [0.717, 1.165) is 18.7 Å². The average Bonchev–Trinajstić information content (AvgIpc) is 2.85. The van der Waals surface area contributed by atoms with Gasteiger partial charge in [-0.05, 0) is 24.6 Å². The van der Waals surface area contributed by atoms with E-state index in [0.29, 0.717) is 0 Å². The molecule has 1 N–H and O–H groups in total. The zero-order valence-corrected chi connectivity index (χ0v) is 10.9. The molecule has 1 atom stereocenters. The Bertz CT molecular complexity index is 499. The van der Waals surface area contributed by atoms with Gasteiger partial charge in [-0.1, -0.05) is 17.7 Å². The minimum Gasteiger partial charge on any atom is -0.336 e. The first-order valence-corrected chi connectivity index (χ1v) is 6.18. The number of nitrogens with one attached hydrogen (secondary N) is 1. The van der Waals surface area contributed by atoms with Crippen LogP contribution in [0.2, 0.25) is 5.02 Å². The van der Waals surface area contributed by atoms with Gasteiger partial charge in [0.15, 0.2) is 0 Å². The first kappa shape index (κ1) is 13.1. The molecule has 2 aromatic rings. The Hall–Kier alpha value is -1.39. The van der Waals surface area contributed by atoms with Gasteiger partial charge in [-0.15, -0.1) is 0 Å². The van der Waals surface area contributed by atoms with Crippen LogP contribution >= 0.6 is 11.6 Å². The van der Waals surface area contributed by atoms with Gasteiger partial charge in [0.05, 0.1) is 11.3 Å². The van der Waals surface area contributed by atoms with E-state index in [1.54, 1.807) is 24.7 Å². The van der Waals surface area contributed by atoms with Crippen molar-refractivity contribution >= 4 is 11.6 Å². The normalized spacial score (nSPS) is 12.6. The molecule has 0 saturated heterocycles. The first-order valence-electron chi connectivity index (χ1n) is 5.81. The molecule has 0 radical (unpaired) electrons. The average molecular weight is 268 g/mol. The van der Waals surface area contributed by atoms with E-state index in [4.69, 9.17) is 11.6 Å². The maximum Gasteiger partial charge on any atom is 0.141 e. The SMILES string of the molecule is CC(NCCn1ccnc1)c1ccc(F)c(Cl)c1. The van der Waals surface area contributed by atoms with Crippen molar-refractivity contribution in [1.29, 1.82) is 0 Å². The van der Waals surface area contributed by atoms with Gasteiger partial charge in [-0.2, -0.15) is 0 Å². The third-order valence-corrected chi connectivity index (χ3v) is 3.11. The van der Waals surface area contributed by atoms with Gasteiger partial charge in [0.2, 0.25) is 0 Å². The van der Waals surface area contributed by atoms with E-state index in [-0.39, 0.29) is 16.9 Å². The number of hydrogen-bond acceptors (Lipinski definition) is 2. The Balaban J connectivity index is 1.87. The highest BCUT2D eigenvalue weighted by atomic mass is 35.5. The molecule has 0 aliphatic heterocycles. The van der Waals surface area contributed by atoms with E-state index in [2.05, 4.69) is 10.3 Å². The molecule has 18 heavy (non-hydrogen) atoms. The van der Waals surface area contributed by atoms with Gasteiger partial charge in [0.1, 0.15) is 5.82 Å². The molecule has 0 aliphatic rings. The third-order valence-electron chi connectivity index (χ3n) is 2.82. The van der Waals surface area contributed by atoms with Crippen LogP contribution in [0.5, 0.6) is 0 Å². The van der Waals surface area contributed by atoms with E-state index in [9.17, 15) is 4.39 Å². The zero-order valence-electron chi connectivity index (χ0n) is 10.1. The minimum atomic E-state index is -0.383. The van der Waals surface area contributed by atoms with Gasteiger partial charge < -0.3 is 9.88 Å². The number of aromatic nitrogens is 2. The van der Waals surface area contributed by atoms with Crippen molar-refractivity contribution in [3.63, 3.8) is 0 Å². The summed E-state index contributed by atoms with van der Waals surface area (Å²) in [5.41, 5.74) is 0.979. The van der Waals surface area contributed by atoms with Crippen LogP contribution in [0.3, 0.4) is 0 Å². The van der Waals surface area contributed by atoms with Crippen molar-refractivity contribution in [2.45, 2.75) is 19.5 Å². The smallest absolute Gasteiger partial charge is 0.141 e. The lowest BCUT2D eigenvalue weighted by molar-refractivity contribution is 0.530. The van der Waals surface area contributed by atoms with Crippen LogP contribution in [0.15, 0.2) is 36.9 Å². The monoisotopic (exact) mass is 267 g/mol. The number of nitrogens with zero attached hydrogens (tertiary/aromatic N) is 2. The van der Waals surface area contributed by atoms with Gasteiger partial charge in [0, 0.05) is 31.5 Å². The number of hydrogen-bond donors (Lipinski definition) is 1. The van der Waals surface area contributed by atoms with Crippen molar-refractivity contribution in [2.24, 2.45) is 0 Å². The van der Waals surface area contributed by atoms with E-state index in [1.807, 2.05) is 17.7 Å². The fraction of sp³-hybridized carbons (Fsp3) is 0.308. The summed E-state index contributed by atoms with van der Waals surface area (Å²) in [5.74, 6) is -0.383. The number of rotatable bonds is 5. The summed E-state index contributed by atoms with van der Waals surface area (Å²) in [6.45, 7) is 3.68. The number of halogens is 2. The van der Waals surface area contributed by atoms with E-state index in [1.165, 1.54) is 6.07 Å². The lowest BCUT2D eigenvalue weighted by Gasteiger charge is -2.14. The number of benzene rings is 1. The summed E-state index contributed by atoms with van der Waals surface area (Å²) < 4.78 is 15.0. The van der Waals surface area contributed by atoms with Crippen LogP contribution in [0, 0.1) is 5.82 Å². The summed E-state index contributed by atoms with van der Waals surface area (Å²) in [6.07, 6.45) is 5.45. The molecule has 1 aromatic heterocycles. The Labute approximate surface area is 111 Å². The maximum atomic E-state index is 13.0. The summed E-state index contributed by atoms with van der Waals surface area (Å²) >= 11 is 5.76. The predicted octanol–water partition coefficient (Wildman–Crippen LogP) is 3.03. The van der Waals surface area contributed by atoms with E-state index < -0.39 is 0 Å². The Morgan fingerprint density at radius 3 is 3.00 bits per heavy atom. The molecule has 2 rings (SSSR count). The lowest BCUT2D eigenvalue weighted by atomic mass is 10.1. The lowest BCUT2D eigenvalue weighted by Crippen LogP contribution is -2.23. The molecule has 0 amide bonds. The molecule has 0 spiro atoms. The van der Waals surface area contributed by atoms with Crippen molar-refractivity contribution < 1.29 is 4.39 Å². The van der Waals surface area contributed by atoms with Gasteiger partial charge in [0.25, 0.3) is 0 Å². The Morgan fingerprint density at radius 2 is 2.33 bits per heavy atom. The maximum absolute atomic E-state index is 13.0. The van der Waals surface area contributed by atoms with Gasteiger partial charge in [-0.3, -0.25) is 0 Å². The fourth-order valence-electron chi connectivity index (χ4n) is 1.73. The van der Waals surface area contributed by atoms with Crippen molar-refractivity contribution in [2.75, 3.05) is 6.54 Å².